The van der Waals surface area contributed by atoms with Crippen molar-refractivity contribution in [1.82, 2.24) is 24.5 Å². The lowest BCUT2D eigenvalue weighted by molar-refractivity contribution is 0.395. The molecule has 0 atom stereocenters. The highest BCUT2D eigenvalue weighted by atomic mass is 16.1. The molecule has 0 unspecified atom stereocenters. The highest BCUT2D eigenvalue weighted by Gasteiger charge is 2.26. The van der Waals surface area contributed by atoms with Gasteiger partial charge in [-0.05, 0) is 51.0 Å². The zero-order valence-corrected chi connectivity index (χ0v) is 17.2. The van der Waals surface area contributed by atoms with Crippen LogP contribution in [0, 0.1) is 13.8 Å². The molecule has 1 aromatic carbocycles. The molecule has 1 aliphatic heterocycles. The third-order valence-corrected chi connectivity index (χ3v) is 6.01. The average Bonchev–Trinajstić information content (AvgIpc) is 3.12. The quantitative estimate of drug-likeness (QED) is 0.568. The first-order valence-corrected chi connectivity index (χ1v) is 10.3. The van der Waals surface area contributed by atoms with Gasteiger partial charge in [-0.1, -0.05) is 18.2 Å². The van der Waals surface area contributed by atoms with Crippen molar-refractivity contribution in [2.24, 2.45) is 0 Å². The summed E-state index contributed by atoms with van der Waals surface area (Å²) in [5.41, 5.74) is 4.69. The van der Waals surface area contributed by atoms with E-state index in [1.807, 2.05) is 54.0 Å². The van der Waals surface area contributed by atoms with Gasteiger partial charge in [-0.15, -0.1) is 0 Å². The average molecular weight is 400 g/mol. The molecule has 4 aromatic rings. The van der Waals surface area contributed by atoms with Crippen LogP contribution in [0.25, 0.3) is 22.6 Å². The van der Waals surface area contributed by atoms with Crippen LogP contribution in [-0.2, 0) is 0 Å². The number of piperidine rings is 1. The van der Waals surface area contributed by atoms with Gasteiger partial charge in [0.15, 0.2) is 5.82 Å². The van der Waals surface area contributed by atoms with Crippen LogP contribution in [0.2, 0.25) is 0 Å². The maximum Gasteiger partial charge on any atom is 0.326 e. The Hall–Kier alpha value is -3.48. The first-order chi connectivity index (χ1) is 14.6. The van der Waals surface area contributed by atoms with Crippen molar-refractivity contribution in [2.45, 2.75) is 32.7 Å². The van der Waals surface area contributed by atoms with Crippen LogP contribution in [0.1, 0.15) is 30.1 Å². The minimum Gasteiger partial charge on any atom is -0.356 e. The molecule has 0 spiro atoms. The largest absolute Gasteiger partial charge is 0.356 e. The Morgan fingerprint density at radius 2 is 1.77 bits per heavy atom. The third-order valence-electron chi connectivity index (χ3n) is 6.01. The predicted molar refractivity (Wildman–Crippen MR) is 118 cm³/mol. The van der Waals surface area contributed by atoms with Gasteiger partial charge in [0, 0.05) is 36.6 Å². The smallest absolute Gasteiger partial charge is 0.326 e. The number of hydrogen-bond donors (Lipinski definition) is 1. The molecule has 0 saturated carbocycles. The second-order valence-electron chi connectivity index (χ2n) is 7.83. The number of imidazole rings is 1. The number of H-pyrrole nitrogens is 1. The number of nitrogens with zero attached hydrogens (tertiary/aromatic N) is 5. The second-order valence-corrected chi connectivity index (χ2v) is 7.83. The van der Waals surface area contributed by atoms with E-state index in [4.69, 9.17) is 4.98 Å². The summed E-state index contributed by atoms with van der Waals surface area (Å²) in [6, 6.07) is 13.9. The Morgan fingerprint density at radius 3 is 2.53 bits per heavy atom. The van der Waals surface area contributed by atoms with Crippen molar-refractivity contribution in [3.05, 3.63) is 70.4 Å². The highest BCUT2D eigenvalue weighted by Crippen LogP contribution is 2.30. The van der Waals surface area contributed by atoms with Crippen LogP contribution in [0.3, 0.4) is 0 Å². The van der Waals surface area contributed by atoms with Crippen molar-refractivity contribution in [1.29, 1.82) is 0 Å². The fraction of sp³-hybridized carbons (Fsp3) is 0.304. The molecule has 1 saturated heterocycles. The number of aromatic amines is 1. The minimum atomic E-state index is -0.0267. The lowest BCUT2D eigenvalue weighted by atomic mass is 10.0. The molecule has 152 valence electrons. The van der Waals surface area contributed by atoms with E-state index in [1.165, 1.54) is 0 Å². The molecular weight excluding hydrogens is 376 g/mol. The topological polar surface area (TPSA) is 79.7 Å². The van der Waals surface area contributed by atoms with Gasteiger partial charge in [-0.3, -0.25) is 9.55 Å². The van der Waals surface area contributed by atoms with Crippen LogP contribution < -0.4 is 10.6 Å². The van der Waals surface area contributed by atoms with E-state index in [0.717, 1.165) is 59.7 Å². The summed E-state index contributed by atoms with van der Waals surface area (Å²) in [7, 11) is 0. The number of nitrogens with one attached hydrogen (secondary N) is 1. The van der Waals surface area contributed by atoms with Crippen molar-refractivity contribution in [2.75, 3.05) is 18.0 Å². The second kappa shape index (κ2) is 7.40. The molecule has 0 radical (unpaired) electrons. The lowest BCUT2D eigenvalue weighted by Gasteiger charge is -2.34. The van der Waals surface area contributed by atoms with E-state index in [2.05, 4.69) is 26.8 Å². The molecule has 5 rings (SSSR count). The Morgan fingerprint density at radius 1 is 1.00 bits per heavy atom. The van der Waals surface area contributed by atoms with Gasteiger partial charge >= 0.3 is 5.69 Å². The van der Waals surface area contributed by atoms with Crippen LogP contribution >= 0.6 is 0 Å². The fourth-order valence-corrected chi connectivity index (χ4v) is 4.30. The number of pyridine rings is 1. The predicted octanol–water partition coefficient (Wildman–Crippen LogP) is 3.64. The van der Waals surface area contributed by atoms with Gasteiger partial charge in [0.25, 0.3) is 0 Å². The van der Waals surface area contributed by atoms with E-state index in [9.17, 15) is 4.79 Å². The molecule has 1 fully saturated rings. The summed E-state index contributed by atoms with van der Waals surface area (Å²) in [6.07, 6.45) is 3.55. The zero-order chi connectivity index (χ0) is 20.7. The maximum absolute atomic E-state index is 12.6. The van der Waals surface area contributed by atoms with Crippen LogP contribution in [0.4, 0.5) is 5.82 Å². The van der Waals surface area contributed by atoms with Gasteiger partial charge in [0.2, 0.25) is 0 Å². The SMILES string of the molecule is Cc1nc(-c2ccccn2)nc(N2CCC(n3c(=O)[nH]c4ccccc43)CC2)c1C. The van der Waals surface area contributed by atoms with Gasteiger partial charge in [-0.2, -0.15) is 0 Å². The molecule has 1 N–H and O–H groups in total. The maximum atomic E-state index is 12.6. The first kappa shape index (κ1) is 18.5. The lowest BCUT2D eigenvalue weighted by Crippen LogP contribution is -2.38. The molecule has 3 aromatic heterocycles. The summed E-state index contributed by atoms with van der Waals surface area (Å²) in [5.74, 6) is 1.62. The van der Waals surface area contributed by atoms with Crippen molar-refractivity contribution >= 4 is 16.9 Å². The minimum absolute atomic E-state index is 0.0267. The summed E-state index contributed by atoms with van der Waals surface area (Å²) >= 11 is 0. The summed E-state index contributed by atoms with van der Waals surface area (Å²) in [4.78, 5) is 31.8. The molecule has 0 bridgehead atoms. The van der Waals surface area contributed by atoms with Crippen LogP contribution in [0.15, 0.2) is 53.5 Å². The molecule has 0 aliphatic carbocycles. The van der Waals surface area contributed by atoms with E-state index in [1.54, 1.807) is 6.20 Å². The summed E-state index contributed by atoms with van der Waals surface area (Å²) < 4.78 is 1.92. The van der Waals surface area contributed by atoms with E-state index < -0.39 is 0 Å². The molecule has 7 heteroatoms. The fourth-order valence-electron chi connectivity index (χ4n) is 4.30. The Balaban J connectivity index is 1.42. The van der Waals surface area contributed by atoms with Gasteiger partial charge in [-0.25, -0.2) is 14.8 Å². The van der Waals surface area contributed by atoms with E-state index in [0.29, 0.717) is 5.82 Å². The first-order valence-electron chi connectivity index (χ1n) is 10.3. The zero-order valence-electron chi connectivity index (χ0n) is 17.2. The molecular formula is C23H24N6O. The van der Waals surface area contributed by atoms with Crippen LogP contribution in [0.5, 0.6) is 0 Å². The third kappa shape index (κ3) is 3.16. The normalized spacial score (nSPS) is 15.1. The Bertz CT molecular complexity index is 1250. The van der Waals surface area contributed by atoms with Gasteiger partial charge < -0.3 is 9.88 Å². The number of aromatic nitrogens is 5. The number of para-hydroxylation sites is 2. The van der Waals surface area contributed by atoms with Crippen molar-refractivity contribution < 1.29 is 0 Å². The number of fused-ring (bicyclic) bond motifs is 1. The number of aryl methyl sites for hydroxylation is 1. The number of hydrogen-bond acceptors (Lipinski definition) is 5. The van der Waals surface area contributed by atoms with E-state index in [-0.39, 0.29) is 11.7 Å². The Kier molecular flexibility index (Phi) is 4.58. The summed E-state index contributed by atoms with van der Waals surface area (Å²) in [6.45, 7) is 5.78. The van der Waals surface area contributed by atoms with Crippen LogP contribution in [-0.4, -0.2) is 37.6 Å². The monoisotopic (exact) mass is 400 g/mol. The van der Waals surface area contributed by atoms with Gasteiger partial charge in [0.05, 0.1) is 11.0 Å². The molecule has 0 amide bonds. The van der Waals surface area contributed by atoms with Crippen molar-refractivity contribution in [3.8, 4) is 11.5 Å². The standard InChI is InChI=1S/C23H24N6O/c1-15-16(2)25-21(19-8-5-6-12-24-19)27-22(15)28-13-10-17(11-14-28)29-20-9-4-3-7-18(20)26-23(29)30/h3-9,12,17H,10-11,13-14H2,1-2H3,(H,26,30). The van der Waals surface area contributed by atoms with E-state index >= 15 is 0 Å². The number of benzene rings is 1. The Labute approximate surface area is 174 Å². The van der Waals surface area contributed by atoms with Gasteiger partial charge in [0.1, 0.15) is 11.5 Å². The molecule has 7 nitrogen and oxygen atoms in total. The summed E-state index contributed by atoms with van der Waals surface area (Å²) in [5, 5.41) is 0. The highest BCUT2D eigenvalue weighted by molar-refractivity contribution is 5.75. The molecule has 4 heterocycles. The molecule has 1 aliphatic rings. The van der Waals surface area contributed by atoms with Crippen molar-refractivity contribution in [3.63, 3.8) is 0 Å². The molecule has 30 heavy (non-hydrogen) atoms. The number of rotatable bonds is 3. The number of anilines is 1.